The summed E-state index contributed by atoms with van der Waals surface area (Å²) in [6, 6.07) is 21.0. The minimum atomic E-state index is -0.719. The van der Waals surface area contributed by atoms with Crippen molar-refractivity contribution in [1.29, 1.82) is 0 Å². The standard InChI is InChI=1S/C48H45ClF2N10O6/c49-31-6-10-35-36(23-31)45(43-37(50)2-1-3-38(43)51)53-24-30-25-54-48(58-44(30)35)56-32-7-4-28(5-8-32)39-27-60(59-39)17-21-67-20-16-52-15-19-66-18-14-42(63)55-33-9-11-34-29(22-33)26-61(47(34)65)40-12-13-41(62)57-46(40)64/h1-11,22-23,25,27,40,52,59H,12-21,24,26H2,(H,55,63)(H,54,56,58)(H,57,62,64). The highest BCUT2D eigenvalue weighted by molar-refractivity contribution is 6.31. The van der Waals surface area contributed by atoms with Gasteiger partial charge in [0, 0.05) is 82.7 Å². The van der Waals surface area contributed by atoms with Gasteiger partial charge in [-0.15, -0.1) is 0 Å². The molecule has 0 aliphatic carbocycles. The molecular weight excluding hydrogens is 886 g/mol. The minimum Gasteiger partial charge on any atom is -0.380 e. The first-order chi connectivity index (χ1) is 32.6. The van der Waals surface area contributed by atoms with Gasteiger partial charge in [0.1, 0.15) is 17.7 Å². The van der Waals surface area contributed by atoms with Gasteiger partial charge in [0.05, 0.1) is 68.6 Å². The Bertz CT molecular complexity index is 2850. The Hall–Kier alpha value is -7.12. The molecule has 3 aliphatic heterocycles. The summed E-state index contributed by atoms with van der Waals surface area (Å²) < 4.78 is 43.2. The van der Waals surface area contributed by atoms with Crippen LogP contribution >= 0.6 is 11.6 Å². The average Bonchev–Trinajstić information content (AvgIpc) is 3.53. The fourth-order valence-corrected chi connectivity index (χ4v) is 8.34. The number of benzene rings is 4. The topological polar surface area (TPSA) is 197 Å². The molecule has 5 N–H and O–H groups in total. The number of fused-ring (bicyclic) bond motifs is 4. The highest BCUT2D eigenvalue weighted by atomic mass is 35.5. The maximum atomic E-state index is 14.9. The van der Waals surface area contributed by atoms with Crippen molar-refractivity contribution in [2.45, 2.75) is 44.9 Å². The molecule has 0 spiro atoms. The number of aromatic nitrogens is 4. The van der Waals surface area contributed by atoms with Crippen LogP contribution in [0.5, 0.6) is 0 Å². The van der Waals surface area contributed by atoms with E-state index in [0.717, 1.165) is 16.9 Å². The van der Waals surface area contributed by atoms with Crippen LogP contribution in [0, 0.1) is 11.6 Å². The third-order valence-electron chi connectivity index (χ3n) is 11.6. The number of rotatable bonds is 18. The Kier molecular flexibility index (Phi) is 13.6. The first-order valence-corrected chi connectivity index (χ1v) is 22.2. The number of aromatic amines is 1. The fourth-order valence-electron chi connectivity index (χ4n) is 8.17. The van der Waals surface area contributed by atoms with Crippen LogP contribution in [-0.4, -0.2) is 99.5 Å². The number of halogens is 3. The van der Waals surface area contributed by atoms with Crippen molar-refractivity contribution in [3.63, 3.8) is 0 Å². The van der Waals surface area contributed by atoms with Crippen LogP contribution in [0.4, 0.5) is 26.1 Å². The lowest BCUT2D eigenvalue weighted by atomic mass is 9.95. The minimum absolute atomic E-state index is 0.122. The number of amides is 4. The maximum Gasteiger partial charge on any atom is 0.255 e. The van der Waals surface area contributed by atoms with Gasteiger partial charge in [-0.2, -0.15) is 0 Å². The van der Waals surface area contributed by atoms with E-state index in [9.17, 15) is 28.0 Å². The molecule has 0 saturated carbocycles. The molecule has 344 valence electrons. The number of imide groups is 1. The van der Waals surface area contributed by atoms with E-state index in [4.69, 9.17) is 26.1 Å². The number of H-pyrrole nitrogens is 1. The summed E-state index contributed by atoms with van der Waals surface area (Å²) in [6.07, 6.45) is 4.31. The van der Waals surface area contributed by atoms with E-state index in [0.29, 0.717) is 89.6 Å². The number of carbonyl (C=O) groups excluding carboxylic acids is 4. The lowest BCUT2D eigenvalue weighted by Gasteiger charge is -2.29. The quantitative estimate of drug-likeness (QED) is 0.0477. The monoisotopic (exact) mass is 930 g/mol. The van der Waals surface area contributed by atoms with Gasteiger partial charge in [-0.3, -0.25) is 39.3 Å². The van der Waals surface area contributed by atoms with Crippen molar-refractivity contribution in [2.24, 2.45) is 4.99 Å². The smallest absolute Gasteiger partial charge is 0.255 e. The number of carbonyl (C=O) groups is 4. The van der Waals surface area contributed by atoms with Crippen molar-refractivity contribution < 1.29 is 37.4 Å². The summed E-state index contributed by atoms with van der Waals surface area (Å²) in [5.74, 6) is -2.38. The number of ether oxygens (including phenoxy) is 2. The Morgan fingerprint density at radius 1 is 0.866 bits per heavy atom. The van der Waals surface area contributed by atoms with Crippen LogP contribution in [0.15, 0.2) is 96.2 Å². The largest absolute Gasteiger partial charge is 0.380 e. The van der Waals surface area contributed by atoms with Gasteiger partial charge in [0.25, 0.3) is 5.91 Å². The molecular formula is C48H45ClF2N10O6. The lowest BCUT2D eigenvalue weighted by Crippen LogP contribution is -2.52. The zero-order chi connectivity index (χ0) is 46.4. The second-order valence-corrected chi connectivity index (χ2v) is 16.6. The molecule has 5 heterocycles. The molecule has 4 amide bonds. The third kappa shape index (κ3) is 10.3. The Labute approximate surface area is 388 Å². The van der Waals surface area contributed by atoms with Crippen molar-refractivity contribution in [3.8, 4) is 22.5 Å². The zero-order valence-electron chi connectivity index (χ0n) is 36.0. The molecule has 0 radical (unpaired) electrons. The first-order valence-electron chi connectivity index (χ1n) is 21.8. The third-order valence-corrected chi connectivity index (χ3v) is 11.8. The van der Waals surface area contributed by atoms with Crippen LogP contribution in [0.3, 0.4) is 0 Å². The van der Waals surface area contributed by atoms with Gasteiger partial charge in [0.15, 0.2) is 0 Å². The van der Waals surface area contributed by atoms with E-state index in [1.54, 1.807) is 42.6 Å². The van der Waals surface area contributed by atoms with Gasteiger partial charge < -0.3 is 30.3 Å². The molecule has 1 unspecified atom stereocenters. The molecule has 4 aromatic carbocycles. The molecule has 9 rings (SSSR count). The molecule has 0 bridgehead atoms. The second kappa shape index (κ2) is 20.2. The summed E-state index contributed by atoms with van der Waals surface area (Å²) in [6.45, 7) is 3.98. The Morgan fingerprint density at radius 2 is 1.61 bits per heavy atom. The summed E-state index contributed by atoms with van der Waals surface area (Å²) >= 11 is 6.36. The van der Waals surface area contributed by atoms with Crippen molar-refractivity contribution >= 4 is 58.3 Å². The van der Waals surface area contributed by atoms with Crippen LogP contribution in [0.25, 0.3) is 22.5 Å². The predicted molar refractivity (Wildman–Crippen MR) is 246 cm³/mol. The number of hydrogen-bond donors (Lipinski definition) is 5. The fraction of sp³-hybridized carbons (Fsp3) is 0.271. The highest BCUT2D eigenvalue weighted by Gasteiger charge is 2.39. The van der Waals surface area contributed by atoms with E-state index in [2.05, 4.69) is 36.3 Å². The maximum absolute atomic E-state index is 14.9. The number of hydrogen-bond acceptors (Lipinski definition) is 11. The highest BCUT2D eigenvalue weighted by Crippen LogP contribution is 2.35. The molecule has 6 aromatic rings. The number of nitrogens with zero attached hydrogens (tertiary/aromatic N) is 5. The Morgan fingerprint density at radius 3 is 2.39 bits per heavy atom. The van der Waals surface area contributed by atoms with E-state index >= 15 is 0 Å². The van der Waals surface area contributed by atoms with Crippen LogP contribution < -0.4 is 21.3 Å². The number of anilines is 3. The molecule has 1 fully saturated rings. The van der Waals surface area contributed by atoms with Crippen LogP contribution in [0.1, 0.15) is 51.9 Å². The molecule has 3 aliphatic rings. The van der Waals surface area contributed by atoms with Crippen LogP contribution in [-0.2, 0) is 43.5 Å². The second-order valence-electron chi connectivity index (χ2n) is 16.1. The van der Waals surface area contributed by atoms with E-state index in [1.807, 2.05) is 35.1 Å². The van der Waals surface area contributed by atoms with Gasteiger partial charge in [-0.25, -0.2) is 18.7 Å². The van der Waals surface area contributed by atoms with Crippen molar-refractivity contribution in [3.05, 3.63) is 136 Å². The molecule has 1 atom stereocenters. The van der Waals surface area contributed by atoms with E-state index in [1.165, 1.54) is 23.1 Å². The number of piperidine rings is 1. The average molecular weight is 931 g/mol. The molecule has 2 aromatic heterocycles. The zero-order valence-corrected chi connectivity index (χ0v) is 36.8. The molecule has 19 heteroatoms. The normalized spacial score (nSPS) is 15.4. The van der Waals surface area contributed by atoms with Crippen molar-refractivity contribution in [1.82, 2.24) is 35.3 Å². The lowest BCUT2D eigenvalue weighted by molar-refractivity contribution is -0.137. The predicted octanol–water partition coefficient (Wildman–Crippen LogP) is 6.38. The molecule has 16 nitrogen and oxygen atoms in total. The summed E-state index contributed by atoms with van der Waals surface area (Å²) in [7, 11) is 0. The number of aliphatic imine (C=N–C) groups is 1. The molecule has 67 heavy (non-hydrogen) atoms. The van der Waals surface area contributed by atoms with Crippen molar-refractivity contribution in [2.75, 3.05) is 50.2 Å². The van der Waals surface area contributed by atoms with Crippen LogP contribution in [0.2, 0.25) is 5.02 Å². The van der Waals surface area contributed by atoms with Gasteiger partial charge in [-0.05, 0) is 66.6 Å². The number of nitrogens with one attached hydrogen (secondary N) is 5. The van der Waals surface area contributed by atoms with Gasteiger partial charge in [-0.1, -0.05) is 35.9 Å². The van der Waals surface area contributed by atoms with E-state index < -0.39 is 23.6 Å². The first kappa shape index (κ1) is 45.1. The summed E-state index contributed by atoms with van der Waals surface area (Å²) in [5, 5.41) is 15.4. The SMILES string of the molecule is O=C1CCC(N2Cc3cc(NC(=O)CCOCCNCCOCCn4cc(-c5ccc(Nc6ncc7c(n6)-c6ccc(Cl)cc6C(c6c(F)cccc6F)=NC7)cc5)[nH]4)ccc3C2=O)C(=O)N1. The van der Waals surface area contributed by atoms with E-state index in [-0.39, 0.29) is 68.0 Å². The van der Waals surface area contributed by atoms with Gasteiger partial charge in [0.2, 0.25) is 23.7 Å². The Balaban J connectivity index is 0.650. The molecule has 1 saturated heterocycles. The summed E-state index contributed by atoms with van der Waals surface area (Å²) in [4.78, 5) is 64.6. The van der Waals surface area contributed by atoms with Gasteiger partial charge >= 0.3 is 0 Å². The summed E-state index contributed by atoms with van der Waals surface area (Å²) in [5.41, 5.74) is 6.81.